The maximum Gasteiger partial charge on any atom is 0.259 e. The van der Waals surface area contributed by atoms with Gasteiger partial charge in [-0.25, -0.2) is 14.4 Å². The van der Waals surface area contributed by atoms with Gasteiger partial charge in [0.15, 0.2) is 0 Å². The quantitative estimate of drug-likeness (QED) is 0.860. The monoisotopic (exact) mass is 329 g/mol. The summed E-state index contributed by atoms with van der Waals surface area (Å²) in [6.45, 7) is 0. The number of nitrogens with one attached hydrogen (secondary N) is 1. The highest BCUT2D eigenvalue weighted by Gasteiger charge is 2.12. The second kappa shape index (κ2) is 5.41. The number of hydrogen-bond acceptors (Lipinski definition) is 3. The van der Waals surface area contributed by atoms with E-state index in [4.69, 9.17) is 11.6 Å². The molecule has 7 heteroatoms. The Kier molecular flexibility index (Phi) is 3.88. The van der Waals surface area contributed by atoms with Crippen LogP contribution in [0.1, 0.15) is 10.4 Å². The van der Waals surface area contributed by atoms with Crippen LogP contribution in [0.5, 0.6) is 0 Å². The van der Waals surface area contributed by atoms with Crippen molar-refractivity contribution in [1.29, 1.82) is 0 Å². The van der Waals surface area contributed by atoms with Crippen molar-refractivity contribution in [3.63, 3.8) is 0 Å². The van der Waals surface area contributed by atoms with Crippen molar-refractivity contribution < 1.29 is 9.18 Å². The van der Waals surface area contributed by atoms with Crippen molar-refractivity contribution in [1.82, 2.24) is 9.97 Å². The molecular formula is C11H6BrClFN3O. The van der Waals surface area contributed by atoms with Crippen molar-refractivity contribution >= 4 is 39.4 Å². The average molecular weight is 331 g/mol. The topological polar surface area (TPSA) is 54.9 Å². The fraction of sp³-hybridized carbons (Fsp3) is 0. The van der Waals surface area contributed by atoms with E-state index in [9.17, 15) is 9.18 Å². The summed E-state index contributed by atoms with van der Waals surface area (Å²) in [7, 11) is 0. The van der Waals surface area contributed by atoms with E-state index in [2.05, 4.69) is 31.2 Å². The lowest BCUT2D eigenvalue weighted by Gasteiger charge is -2.05. The first-order valence-electron chi connectivity index (χ1n) is 4.81. The van der Waals surface area contributed by atoms with Gasteiger partial charge in [-0.3, -0.25) is 10.1 Å². The second-order valence-electron chi connectivity index (χ2n) is 3.28. The molecule has 18 heavy (non-hydrogen) atoms. The molecule has 4 nitrogen and oxygen atoms in total. The Morgan fingerprint density at radius 2 is 2.17 bits per heavy atom. The summed E-state index contributed by atoms with van der Waals surface area (Å²) in [6, 6.07) is 5.29. The molecular weight excluding hydrogens is 324 g/mol. The first-order chi connectivity index (χ1) is 8.56. The number of rotatable bonds is 2. The Morgan fingerprint density at radius 3 is 2.89 bits per heavy atom. The zero-order chi connectivity index (χ0) is 13.1. The summed E-state index contributed by atoms with van der Waals surface area (Å²) in [5.74, 6) is -0.970. The smallest absolute Gasteiger partial charge is 0.259 e. The van der Waals surface area contributed by atoms with E-state index in [0.717, 1.165) is 6.07 Å². The lowest BCUT2D eigenvalue weighted by Crippen LogP contribution is -2.15. The standard InChI is InChI=1S/C11H6BrClFN3O/c12-8-2-1-6(14)5-7(8)10(18)17-11-15-4-3-9(13)16-11/h1-5H,(H,15,16,17,18). The van der Waals surface area contributed by atoms with E-state index in [1.807, 2.05) is 0 Å². The first kappa shape index (κ1) is 12.9. The number of carbonyl (C=O) groups is 1. The first-order valence-corrected chi connectivity index (χ1v) is 5.98. The second-order valence-corrected chi connectivity index (χ2v) is 4.52. The van der Waals surface area contributed by atoms with Crippen LogP contribution in [0.25, 0.3) is 0 Å². The van der Waals surface area contributed by atoms with Crippen LogP contribution >= 0.6 is 27.5 Å². The van der Waals surface area contributed by atoms with Gasteiger partial charge in [0.1, 0.15) is 11.0 Å². The molecule has 1 amide bonds. The summed E-state index contributed by atoms with van der Waals surface area (Å²) >= 11 is 8.82. The summed E-state index contributed by atoms with van der Waals surface area (Å²) < 4.78 is 13.5. The van der Waals surface area contributed by atoms with Crippen LogP contribution in [0.3, 0.4) is 0 Å². The van der Waals surface area contributed by atoms with Gasteiger partial charge in [0, 0.05) is 10.7 Å². The maximum absolute atomic E-state index is 13.1. The summed E-state index contributed by atoms with van der Waals surface area (Å²) in [4.78, 5) is 19.5. The van der Waals surface area contributed by atoms with E-state index in [1.165, 1.54) is 24.4 Å². The number of anilines is 1. The van der Waals surface area contributed by atoms with Crippen molar-refractivity contribution in [3.8, 4) is 0 Å². The molecule has 0 spiro atoms. The Bertz CT molecular complexity index is 609. The van der Waals surface area contributed by atoms with Crippen LogP contribution < -0.4 is 5.32 Å². The summed E-state index contributed by atoms with van der Waals surface area (Å²) in [5, 5.41) is 2.63. The Balaban J connectivity index is 2.24. The predicted molar refractivity (Wildman–Crippen MR) is 69.1 cm³/mol. The lowest BCUT2D eigenvalue weighted by atomic mass is 10.2. The highest BCUT2D eigenvalue weighted by molar-refractivity contribution is 9.10. The molecule has 0 aliphatic heterocycles. The van der Waals surface area contributed by atoms with Gasteiger partial charge in [-0.15, -0.1) is 0 Å². The van der Waals surface area contributed by atoms with Gasteiger partial charge in [-0.1, -0.05) is 11.6 Å². The number of hydrogen-bond donors (Lipinski definition) is 1. The van der Waals surface area contributed by atoms with Crippen LogP contribution in [0.2, 0.25) is 5.15 Å². The molecule has 0 unspecified atom stereocenters. The lowest BCUT2D eigenvalue weighted by molar-refractivity contribution is 0.102. The Morgan fingerprint density at radius 1 is 1.39 bits per heavy atom. The van der Waals surface area contributed by atoms with Crippen molar-refractivity contribution in [2.75, 3.05) is 5.32 Å². The van der Waals surface area contributed by atoms with Gasteiger partial charge in [-0.2, -0.15) is 0 Å². The third-order valence-corrected chi connectivity index (χ3v) is 2.92. The molecule has 0 aliphatic carbocycles. The Labute approximate surface area is 115 Å². The molecule has 0 saturated carbocycles. The molecule has 1 aromatic carbocycles. The molecule has 0 radical (unpaired) electrons. The van der Waals surface area contributed by atoms with Gasteiger partial charge in [0.25, 0.3) is 5.91 Å². The van der Waals surface area contributed by atoms with Crippen LogP contribution in [-0.4, -0.2) is 15.9 Å². The van der Waals surface area contributed by atoms with Crippen LogP contribution in [0, 0.1) is 5.82 Å². The predicted octanol–water partition coefficient (Wildman–Crippen LogP) is 3.28. The third-order valence-electron chi connectivity index (χ3n) is 2.02. The van der Waals surface area contributed by atoms with Crippen molar-refractivity contribution in [2.24, 2.45) is 0 Å². The zero-order valence-corrected chi connectivity index (χ0v) is 11.2. The minimum atomic E-state index is -0.524. The number of aromatic nitrogens is 2. The van der Waals surface area contributed by atoms with Crippen molar-refractivity contribution in [3.05, 3.63) is 51.5 Å². The minimum absolute atomic E-state index is 0.0589. The zero-order valence-electron chi connectivity index (χ0n) is 8.82. The highest BCUT2D eigenvalue weighted by Crippen LogP contribution is 2.19. The average Bonchev–Trinajstić information content (AvgIpc) is 2.32. The molecule has 0 aliphatic rings. The summed E-state index contributed by atoms with van der Waals surface area (Å²) in [6.07, 6.45) is 1.41. The van der Waals surface area contributed by atoms with Gasteiger partial charge in [-0.05, 0) is 40.2 Å². The number of benzene rings is 1. The normalized spacial score (nSPS) is 10.2. The molecule has 0 bridgehead atoms. The number of carbonyl (C=O) groups excluding carboxylic acids is 1. The fourth-order valence-electron chi connectivity index (χ4n) is 1.24. The molecule has 92 valence electrons. The fourth-order valence-corrected chi connectivity index (χ4v) is 1.80. The van der Waals surface area contributed by atoms with Crippen LogP contribution in [0.4, 0.5) is 10.3 Å². The van der Waals surface area contributed by atoms with Crippen molar-refractivity contribution in [2.45, 2.75) is 0 Å². The van der Waals surface area contributed by atoms with Gasteiger partial charge < -0.3 is 0 Å². The van der Waals surface area contributed by atoms with Crippen LogP contribution in [-0.2, 0) is 0 Å². The largest absolute Gasteiger partial charge is 0.290 e. The number of nitrogens with zero attached hydrogens (tertiary/aromatic N) is 2. The molecule has 2 rings (SSSR count). The third kappa shape index (κ3) is 3.02. The molecule has 2 aromatic rings. The molecule has 0 fully saturated rings. The van der Waals surface area contributed by atoms with Gasteiger partial charge >= 0.3 is 0 Å². The van der Waals surface area contributed by atoms with E-state index < -0.39 is 11.7 Å². The van der Waals surface area contributed by atoms with Crippen LogP contribution in [0.15, 0.2) is 34.9 Å². The molecule has 0 saturated heterocycles. The highest BCUT2D eigenvalue weighted by atomic mass is 79.9. The SMILES string of the molecule is O=C(Nc1nccc(Cl)n1)c1cc(F)ccc1Br. The van der Waals surface area contributed by atoms with E-state index in [0.29, 0.717) is 4.47 Å². The molecule has 1 N–H and O–H groups in total. The number of amides is 1. The van der Waals surface area contributed by atoms with E-state index >= 15 is 0 Å². The van der Waals surface area contributed by atoms with Gasteiger partial charge in [0.05, 0.1) is 5.56 Å². The Hall–Kier alpha value is -1.53. The molecule has 1 aromatic heterocycles. The molecule has 1 heterocycles. The summed E-state index contributed by atoms with van der Waals surface area (Å²) in [5.41, 5.74) is 0.151. The van der Waals surface area contributed by atoms with E-state index in [-0.39, 0.29) is 16.7 Å². The number of halogens is 3. The van der Waals surface area contributed by atoms with E-state index in [1.54, 1.807) is 0 Å². The minimum Gasteiger partial charge on any atom is -0.290 e. The van der Waals surface area contributed by atoms with Gasteiger partial charge in [0.2, 0.25) is 5.95 Å². The molecule has 0 atom stereocenters. The maximum atomic E-state index is 13.1.